The second-order valence-corrected chi connectivity index (χ2v) is 12.5. The van der Waals surface area contributed by atoms with Crippen molar-refractivity contribution < 1.29 is 28.1 Å². The SMILES string of the molecule is C[C@@H](C(=O)OP(=O)(O)OC[C@@H]1C=C[C@H](n2cnc3c(NC4CC4)nc(N)nc32)C1)N(OC1CCCC1)c1ccccc1. The minimum absolute atomic E-state index is 0.0312. The summed E-state index contributed by atoms with van der Waals surface area (Å²) in [4.78, 5) is 42.8. The Kier molecular flexibility index (Phi) is 8.17. The summed E-state index contributed by atoms with van der Waals surface area (Å²) in [6, 6.07) is 8.44. The molecule has 6 rings (SSSR count). The first-order valence-electron chi connectivity index (χ1n) is 14.4. The van der Waals surface area contributed by atoms with Crippen LogP contribution in [0.15, 0.2) is 48.8 Å². The lowest BCUT2D eigenvalue weighted by atomic mass is 10.1. The number of nitrogens with zero attached hydrogens (tertiary/aromatic N) is 5. The highest BCUT2D eigenvalue weighted by molar-refractivity contribution is 7.48. The molecule has 2 saturated carbocycles. The van der Waals surface area contributed by atoms with Crippen LogP contribution in [0.4, 0.5) is 17.5 Å². The molecule has 0 radical (unpaired) electrons. The highest BCUT2D eigenvalue weighted by atomic mass is 31.2. The van der Waals surface area contributed by atoms with Crippen LogP contribution in [-0.4, -0.2) is 55.2 Å². The zero-order chi connectivity index (χ0) is 29.3. The number of nitrogen functional groups attached to an aromatic ring is 1. The van der Waals surface area contributed by atoms with Gasteiger partial charge < -0.3 is 20.1 Å². The predicted molar refractivity (Wildman–Crippen MR) is 156 cm³/mol. The largest absolute Gasteiger partial charge is 0.529 e. The van der Waals surface area contributed by atoms with E-state index in [1.165, 1.54) is 5.06 Å². The molecule has 0 spiro atoms. The summed E-state index contributed by atoms with van der Waals surface area (Å²) in [6.45, 7) is 1.47. The van der Waals surface area contributed by atoms with Crippen molar-refractivity contribution in [2.45, 2.75) is 76.1 Å². The van der Waals surface area contributed by atoms with E-state index < -0.39 is 19.8 Å². The third-order valence-electron chi connectivity index (χ3n) is 7.79. The third kappa shape index (κ3) is 6.59. The van der Waals surface area contributed by atoms with Gasteiger partial charge in [-0.25, -0.2) is 19.4 Å². The molecule has 13 nitrogen and oxygen atoms in total. The number of anilines is 3. The Morgan fingerprint density at radius 1 is 1.19 bits per heavy atom. The van der Waals surface area contributed by atoms with Crippen LogP contribution >= 0.6 is 7.82 Å². The third-order valence-corrected chi connectivity index (χ3v) is 8.68. The molecule has 4 N–H and O–H groups in total. The molecule has 0 aliphatic heterocycles. The van der Waals surface area contributed by atoms with Gasteiger partial charge in [0.15, 0.2) is 23.0 Å². The molecule has 3 aliphatic carbocycles. The lowest BCUT2D eigenvalue weighted by molar-refractivity contribution is -0.140. The van der Waals surface area contributed by atoms with E-state index in [0.717, 1.165) is 38.5 Å². The summed E-state index contributed by atoms with van der Waals surface area (Å²) in [5.74, 6) is -0.331. The van der Waals surface area contributed by atoms with Crippen LogP contribution in [0, 0.1) is 5.92 Å². The number of hydrogen-bond donors (Lipinski definition) is 3. The van der Waals surface area contributed by atoms with Gasteiger partial charge in [-0.15, -0.1) is 0 Å². The molecule has 3 aliphatic rings. The molecule has 1 aromatic carbocycles. The zero-order valence-corrected chi connectivity index (χ0v) is 24.3. The van der Waals surface area contributed by atoms with Crippen LogP contribution in [0.1, 0.15) is 57.9 Å². The second-order valence-electron chi connectivity index (χ2n) is 11.1. The molecule has 0 bridgehead atoms. The number of phosphoric ester groups is 1. The van der Waals surface area contributed by atoms with Crippen molar-refractivity contribution in [3.8, 4) is 0 Å². The average molecular weight is 598 g/mol. The molecule has 14 heteroatoms. The topological polar surface area (TPSA) is 167 Å². The van der Waals surface area contributed by atoms with Crippen LogP contribution in [0.25, 0.3) is 11.2 Å². The van der Waals surface area contributed by atoms with E-state index in [9.17, 15) is 14.3 Å². The number of fused-ring (bicyclic) bond motifs is 1. The summed E-state index contributed by atoms with van der Waals surface area (Å²) in [5.41, 5.74) is 7.88. The number of carbonyl (C=O) groups is 1. The van der Waals surface area contributed by atoms with E-state index in [4.69, 9.17) is 19.6 Å². The van der Waals surface area contributed by atoms with Gasteiger partial charge in [-0.2, -0.15) is 9.97 Å². The zero-order valence-electron chi connectivity index (χ0n) is 23.4. The van der Waals surface area contributed by atoms with Crippen LogP contribution < -0.4 is 16.1 Å². The van der Waals surface area contributed by atoms with Crippen molar-refractivity contribution in [1.82, 2.24) is 19.5 Å². The fraction of sp³-hybridized carbons (Fsp3) is 0.500. The van der Waals surface area contributed by atoms with Gasteiger partial charge in [-0.05, 0) is 51.2 Å². The number of aromatic nitrogens is 4. The molecule has 2 fully saturated rings. The van der Waals surface area contributed by atoms with Gasteiger partial charge in [0.1, 0.15) is 0 Å². The van der Waals surface area contributed by atoms with E-state index in [1.807, 2.05) is 47.1 Å². The molecule has 42 heavy (non-hydrogen) atoms. The molecule has 3 aromatic rings. The van der Waals surface area contributed by atoms with Crippen LogP contribution in [0.2, 0.25) is 0 Å². The number of nitrogens with one attached hydrogen (secondary N) is 1. The van der Waals surface area contributed by atoms with Crippen molar-refractivity contribution in [1.29, 1.82) is 0 Å². The van der Waals surface area contributed by atoms with Gasteiger partial charge >= 0.3 is 13.8 Å². The number of hydrogen-bond acceptors (Lipinski definition) is 11. The summed E-state index contributed by atoms with van der Waals surface area (Å²) in [6.07, 6.45) is 12.2. The molecule has 1 unspecified atom stereocenters. The van der Waals surface area contributed by atoms with Gasteiger partial charge in [-0.1, -0.05) is 43.2 Å². The summed E-state index contributed by atoms with van der Waals surface area (Å²) in [5, 5.41) is 4.81. The monoisotopic (exact) mass is 597 g/mol. The standard InChI is InChI=1S/C28H36N7O6P/c1-18(35(21-7-3-2-4-8-21)40-23-9-5-6-10-23)27(36)41-42(37,38)39-16-19-11-14-22(15-19)34-17-30-24-25(31-20-12-13-20)32-28(29)33-26(24)34/h2-4,7-8,11,14,17-20,22-23H,5-6,9-10,12-13,15-16H2,1H3,(H,37,38)(H3,29,31,32,33)/t18-,19+,22-/m0/s1. The molecule has 0 amide bonds. The number of benzene rings is 1. The van der Waals surface area contributed by atoms with Crippen LogP contribution in [-0.2, 0) is 23.2 Å². The first kappa shape index (κ1) is 28.6. The first-order chi connectivity index (χ1) is 20.3. The van der Waals surface area contributed by atoms with E-state index in [1.54, 1.807) is 13.3 Å². The van der Waals surface area contributed by atoms with Gasteiger partial charge in [0.25, 0.3) is 0 Å². The van der Waals surface area contributed by atoms with Gasteiger partial charge in [0, 0.05) is 12.0 Å². The minimum Gasteiger partial charge on any atom is -0.369 e. The van der Waals surface area contributed by atoms with Gasteiger partial charge in [0.05, 0.1) is 30.8 Å². The molecule has 0 saturated heterocycles. The summed E-state index contributed by atoms with van der Waals surface area (Å²) < 4.78 is 25.0. The molecule has 224 valence electrons. The highest BCUT2D eigenvalue weighted by Crippen LogP contribution is 2.45. The number of para-hydroxylation sites is 1. The first-order valence-corrected chi connectivity index (χ1v) is 15.9. The minimum atomic E-state index is -4.69. The highest BCUT2D eigenvalue weighted by Gasteiger charge is 2.35. The number of nitrogens with two attached hydrogens (primary N) is 1. The molecular weight excluding hydrogens is 561 g/mol. The lowest BCUT2D eigenvalue weighted by Crippen LogP contribution is -2.42. The van der Waals surface area contributed by atoms with E-state index in [-0.39, 0.29) is 30.6 Å². The quantitative estimate of drug-likeness (QED) is 0.152. The number of imidazole rings is 1. The molecule has 2 aromatic heterocycles. The Bertz CT molecular complexity index is 1490. The summed E-state index contributed by atoms with van der Waals surface area (Å²) >= 11 is 0. The van der Waals surface area contributed by atoms with Crippen molar-refractivity contribution in [3.63, 3.8) is 0 Å². The Hall–Kier alpha value is -3.51. The second kappa shape index (κ2) is 12.0. The maximum absolute atomic E-state index is 13.0. The van der Waals surface area contributed by atoms with Gasteiger partial charge in [0.2, 0.25) is 5.95 Å². The van der Waals surface area contributed by atoms with E-state index in [0.29, 0.717) is 35.1 Å². The Morgan fingerprint density at radius 3 is 2.69 bits per heavy atom. The fourth-order valence-corrected chi connectivity index (χ4v) is 6.20. The smallest absolute Gasteiger partial charge is 0.369 e. The summed E-state index contributed by atoms with van der Waals surface area (Å²) in [7, 11) is -4.69. The number of rotatable bonds is 12. The van der Waals surface area contributed by atoms with Crippen molar-refractivity contribution >= 4 is 42.4 Å². The maximum Gasteiger partial charge on any atom is 0.529 e. The molecule has 4 atom stereocenters. The average Bonchev–Trinajstić information content (AvgIpc) is 3.34. The fourth-order valence-electron chi connectivity index (χ4n) is 5.39. The lowest BCUT2D eigenvalue weighted by Gasteiger charge is -2.31. The number of phosphoric acid groups is 1. The number of allylic oxidation sites excluding steroid dienone is 1. The maximum atomic E-state index is 13.0. The van der Waals surface area contributed by atoms with Crippen molar-refractivity contribution in [2.75, 3.05) is 22.7 Å². The number of hydroxylamine groups is 1. The van der Waals surface area contributed by atoms with Crippen LogP contribution in [0.5, 0.6) is 0 Å². The molecule has 2 heterocycles. The Balaban J connectivity index is 1.05. The van der Waals surface area contributed by atoms with Crippen molar-refractivity contribution in [3.05, 3.63) is 48.8 Å². The van der Waals surface area contributed by atoms with E-state index >= 15 is 0 Å². The van der Waals surface area contributed by atoms with Crippen LogP contribution in [0.3, 0.4) is 0 Å². The van der Waals surface area contributed by atoms with Gasteiger partial charge in [-0.3, -0.25) is 14.3 Å². The predicted octanol–water partition coefficient (Wildman–Crippen LogP) is 4.53. The number of carbonyl (C=O) groups excluding carboxylic acids is 1. The van der Waals surface area contributed by atoms with E-state index in [2.05, 4.69) is 20.3 Å². The Labute approximate surface area is 243 Å². The Morgan fingerprint density at radius 2 is 1.95 bits per heavy atom. The molecular formula is C28H36N7O6P. The normalized spacial score (nSPS) is 22.7. The van der Waals surface area contributed by atoms with Crippen molar-refractivity contribution in [2.24, 2.45) is 5.92 Å².